The van der Waals surface area contributed by atoms with Crippen LogP contribution < -0.4 is 0 Å². The van der Waals surface area contributed by atoms with Crippen LogP contribution in [0.4, 0.5) is 0 Å². The standard InChI is InChI=1S/C14H29NSi/c1-5-12-16(13(2)3)14(4)15-10-8-6-7-9-11-15/h14,16H,2,5-12H2,1,3-4H3. The number of likely N-dealkylation sites (tertiary alicyclic amines) is 1. The van der Waals surface area contributed by atoms with Gasteiger partial charge in [-0.15, -0.1) is 6.58 Å². The van der Waals surface area contributed by atoms with Crippen LogP contribution in [-0.2, 0) is 0 Å². The zero-order chi connectivity index (χ0) is 12.0. The maximum absolute atomic E-state index is 4.25. The van der Waals surface area contributed by atoms with E-state index in [1.807, 2.05) is 0 Å². The third kappa shape index (κ3) is 4.06. The topological polar surface area (TPSA) is 3.24 Å². The van der Waals surface area contributed by atoms with Crippen molar-refractivity contribution in [1.82, 2.24) is 4.90 Å². The van der Waals surface area contributed by atoms with Crippen molar-refractivity contribution >= 4 is 8.80 Å². The molecule has 2 unspecified atom stereocenters. The third-order valence-electron chi connectivity index (χ3n) is 4.03. The molecule has 0 aliphatic carbocycles. The highest BCUT2D eigenvalue weighted by Crippen LogP contribution is 2.19. The van der Waals surface area contributed by atoms with Gasteiger partial charge in [0.15, 0.2) is 0 Å². The molecule has 0 spiro atoms. The second-order valence-corrected chi connectivity index (χ2v) is 9.17. The van der Waals surface area contributed by atoms with Crippen LogP contribution in [0.15, 0.2) is 11.8 Å². The van der Waals surface area contributed by atoms with Gasteiger partial charge in [0.05, 0.1) is 8.80 Å². The Hall–Kier alpha value is -0.0831. The molecule has 0 aromatic heterocycles. The van der Waals surface area contributed by atoms with Crippen LogP contribution in [0, 0.1) is 0 Å². The van der Waals surface area contributed by atoms with E-state index in [-0.39, 0.29) is 0 Å². The molecule has 0 bridgehead atoms. The van der Waals surface area contributed by atoms with Gasteiger partial charge in [0.1, 0.15) is 0 Å². The highest BCUT2D eigenvalue weighted by Gasteiger charge is 2.25. The Morgan fingerprint density at radius 3 is 2.25 bits per heavy atom. The lowest BCUT2D eigenvalue weighted by Gasteiger charge is -2.33. The zero-order valence-corrected chi connectivity index (χ0v) is 12.6. The van der Waals surface area contributed by atoms with Crippen molar-refractivity contribution < 1.29 is 0 Å². The molecule has 0 amide bonds. The minimum absolute atomic E-state index is 0.763. The predicted molar refractivity (Wildman–Crippen MR) is 76.6 cm³/mol. The average molecular weight is 239 g/mol. The van der Waals surface area contributed by atoms with Crippen LogP contribution in [0.5, 0.6) is 0 Å². The van der Waals surface area contributed by atoms with E-state index in [0.29, 0.717) is 0 Å². The Balaban J connectivity index is 2.56. The van der Waals surface area contributed by atoms with Gasteiger partial charge in [0, 0.05) is 5.67 Å². The van der Waals surface area contributed by atoms with Gasteiger partial charge >= 0.3 is 0 Å². The summed E-state index contributed by atoms with van der Waals surface area (Å²) in [6.07, 6.45) is 7.04. The molecule has 1 fully saturated rings. The van der Waals surface area contributed by atoms with Gasteiger partial charge in [0.2, 0.25) is 0 Å². The van der Waals surface area contributed by atoms with Crippen molar-refractivity contribution in [3.8, 4) is 0 Å². The lowest BCUT2D eigenvalue weighted by Crippen LogP contribution is -2.45. The quantitative estimate of drug-likeness (QED) is 0.663. The summed E-state index contributed by atoms with van der Waals surface area (Å²) in [6, 6.07) is 1.44. The maximum atomic E-state index is 4.25. The number of allylic oxidation sites excluding steroid dienone is 1. The fourth-order valence-electron chi connectivity index (χ4n) is 2.97. The first kappa shape index (κ1) is 14.0. The molecule has 16 heavy (non-hydrogen) atoms. The minimum atomic E-state index is -0.763. The number of rotatable bonds is 5. The first-order valence-corrected chi connectivity index (χ1v) is 9.12. The van der Waals surface area contributed by atoms with E-state index in [1.54, 1.807) is 0 Å². The number of hydrogen-bond acceptors (Lipinski definition) is 1. The van der Waals surface area contributed by atoms with Crippen LogP contribution >= 0.6 is 0 Å². The van der Waals surface area contributed by atoms with Crippen molar-refractivity contribution in [1.29, 1.82) is 0 Å². The summed E-state index contributed by atoms with van der Waals surface area (Å²) in [4.78, 5) is 2.76. The van der Waals surface area contributed by atoms with Gasteiger partial charge in [-0.2, -0.15) is 0 Å². The van der Waals surface area contributed by atoms with Crippen LogP contribution in [-0.4, -0.2) is 32.5 Å². The average Bonchev–Trinajstić information content (AvgIpc) is 2.53. The second-order valence-electron chi connectivity index (χ2n) is 5.43. The Labute approximate surface area is 104 Å². The lowest BCUT2D eigenvalue weighted by atomic mass is 10.2. The lowest BCUT2D eigenvalue weighted by molar-refractivity contribution is 0.268. The van der Waals surface area contributed by atoms with E-state index in [9.17, 15) is 0 Å². The van der Waals surface area contributed by atoms with Gasteiger partial charge in [-0.3, -0.25) is 0 Å². The fraction of sp³-hybridized carbons (Fsp3) is 0.857. The summed E-state index contributed by atoms with van der Waals surface area (Å²) in [5.41, 5.74) is 0.829. The summed E-state index contributed by atoms with van der Waals surface area (Å²) >= 11 is 0. The molecule has 1 aliphatic heterocycles. The largest absolute Gasteiger partial charge is 0.303 e. The maximum Gasteiger partial charge on any atom is 0.0829 e. The highest BCUT2D eigenvalue weighted by molar-refractivity contribution is 6.67. The van der Waals surface area contributed by atoms with Crippen molar-refractivity contribution in [2.24, 2.45) is 0 Å². The molecule has 0 saturated carbocycles. The number of hydrogen-bond donors (Lipinski definition) is 0. The van der Waals surface area contributed by atoms with Crippen molar-refractivity contribution in [2.75, 3.05) is 13.1 Å². The zero-order valence-electron chi connectivity index (χ0n) is 11.5. The van der Waals surface area contributed by atoms with Crippen LogP contribution in [0.2, 0.25) is 6.04 Å². The summed E-state index contributed by atoms with van der Waals surface area (Å²) in [5, 5.41) is 1.51. The molecule has 94 valence electrons. The Bertz CT molecular complexity index is 207. The van der Waals surface area contributed by atoms with Crippen LogP contribution in [0.1, 0.15) is 52.9 Å². The van der Waals surface area contributed by atoms with Crippen LogP contribution in [0.25, 0.3) is 0 Å². The van der Waals surface area contributed by atoms with E-state index in [1.165, 1.54) is 56.4 Å². The smallest absolute Gasteiger partial charge is 0.0829 e. The summed E-state index contributed by atoms with van der Waals surface area (Å²) in [5.74, 6) is 0. The monoisotopic (exact) mass is 239 g/mol. The predicted octanol–water partition coefficient (Wildman–Crippen LogP) is 3.54. The van der Waals surface area contributed by atoms with Gasteiger partial charge < -0.3 is 4.90 Å². The third-order valence-corrected chi connectivity index (χ3v) is 8.08. The van der Waals surface area contributed by atoms with Gasteiger partial charge in [-0.25, -0.2) is 0 Å². The molecule has 1 aliphatic rings. The molecule has 0 radical (unpaired) electrons. The van der Waals surface area contributed by atoms with Crippen LogP contribution in [0.3, 0.4) is 0 Å². The first-order valence-electron chi connectivity index (χ1n) is 7.06. The molecule has 1 rings (SSSR count). The minimum Gasteiger partial charge on any atom is -0.303 e. The van der Waals surface area contributed by atoms with Gasteiger partial charge in [-0.1, -0.05) is 44.4 Å². The second kappa shape index (κ2) is 7.28. The van der Waals surface area contributed by atoms with E-state index >= 15 is 0 Å². The SMILES string of the molecule is C=C(C)[SiH](CCC)C(C)N1CCCCCC1. The van der Waals surface area contributed by atoms with Crippen molar-refractivity contribution in [2.45, 2.75) is 64.6 Å². The van der Waals surface area contributed by atoms with Gasteiger partial charge in [0.25, 0.3) is 0 Å². The summed E-state index contributed by atoms with van der Waals surface area (Å²) in [7, 11) is -0.763. The van der Waals surface area contributed by atoms with Crippen molar-refractivity contribution in [3.63, 3.8) is 0 Å². The first-order chi connectivity index (χ1) is 7.66. The Morgan fingerprint density at radius 1 is 1.25 bits per heavy atom. The fourth-order valence-corrected chi connectivity index (χ4v) is 6.20. The molecular formula is C14H29NSi. The van der Waals surface area contributed by atoms with E-state index in [0.717, 1.165) is 5.67 Å². The van der Waals surface area contributed by atoms with E-state index in [2.05, 4.69) is 32.3 Å². The molecule has 0 N–H and O–H groups in total. The van der Waals surface area contributed by atoms with E-state index in [4.69, 9.17) is 0 Å². The van der Waals surface area contributed by atoms with Crippen molar-refractivity contribution in [3.05, 3.63) is 11.8 Å². The molecule has 2 atom stereocenters. The Kier molecular flexibility index (Phi) is 6.36. The van der Waals surface area contributed by atoms with Gasteiger partial charge in [-0.05, 0) is 32.9 Å². The molecule has 0 aromatic carbocycles. The Morgan fingerprint density at radius 2 is 1.81 bits per heavy atom. The van der Waals surface area contributed by atoms with E-state index < -0.39 is 8.80 Å². The molecule has 1 nitrogen and oxygen atoms in total. The number of nitrogens with zero attached hydrogens (tertiary/aromatic N) is 1. The molecule has 0 aromatic rings. The summed E-state index contributed by atoms with van der Waals surface area (Å²) in [6.45, 7) is 14.0. The molecule has 1 saturated heterocycles. The normalized spacial score (nSPS) is 22.4. The molecule has 2 heteroatoms. The molecule has 1 heterocycles. The molecular weight excluding hydrogens is 210 g/mol. The highest BCUT2D eigenvalue weighted by atomic mass is 28.3. The summed E-state index contributed by atoms with van der Waals surface area (Å²) < 4.78 is 0.